The number of amides is 2. The third-order valence-corrected chi connectivity index (χ3v) is 3.27. The van der Waals surface area contributed by atoms with Gasteiger partial charge in [0.1, 0.15) is 17.2 Å². The predicted molar refractivity (Wildman–Crippen MR) is 87.5 cm³/mol. The molecule has 0 heterocycles. The average molecular weight is 330 g/mol. The van der Waals surface area contributed by atoms with Crippen LogP contribution in [0.5, 0.6) is 17.2 Å². The molecule has 126 valence electrons. The molecule has 0 aliphatic heterocycles. The monoisotopic (exact) mass is 330 g/mol. The van der Waals surface area contributed by atoms with E-state index in [1.165, 1.54) is 21.3 Å². The van der Waals surface area contributed by atoms with Crippen molar-refractivity contribution in [2.24, 2.45) is 0 Å². The van der Waals surface area contributed by atoms with Gasteiger partial charge in [0.15, 0.2) is 0 Å². The first-order valence-electron chi connectivity index (χ1n) is 7.05. The van der Waals surface area contributed by atoms with Crippen molar-refractivity contribution in [2.45, 2.75) is 0 Å². The van der Waals surface area contributed by atoms with Crippen molar-refractivity contribution in [2.75, 3.05) is 21.3 Å². The van der Waals surface area contributed by atoms with Crippen molar-refractivity contribution >= 4 is 11.8 Å². The van der Waals surface area contributed by atoms with Gasteiger partial charge >= 0.3 is 0 Å². The molecule has 0 aliphatic rings. The quantitative estimate of drug-likeness (QED) is 0.816. The van der Waals surface area contributed by atoms with Crippen LogP contribution in [-0.2, 0) is 0 Å². The van der Waals surface area contributed by atoms with E-state index in [9.17, 15) is 9.59 Å². The molecule has 2 aromatic carbocycles. The van der Waals surface area contributed by atoms with Gasteiger partial charge in [0.05, 0.1) is 26.9 Å². The molecule has 0 bridgehead atoms. The molecule has 24 heavy (non-hydrogen) atoms. The Morgan fingerprint density at radius 3 is 2.12 bits per heavy atom. The largest absolute Gasteiger partial charge is 0.497 e. The summed E-state index contributed by atoms with van der Waals surface area (Å²) in [5, 5.41) is 0. The fourth-order valence-corrected chi connectivity index (χ4v) is 2.00. The predicted octanol–water partition coefficient (Wildman–Crippen LogP) is 1.79. The summed E-state index contributed by atoms with van der Waals surface area (Å²) in [4.78, 5) is 24.3. The molecule has 2 rings (SSSR count). The Morgan fingerprint density at radius 1 is 0.792 bits per heavy atom. The highest BCUT2D eigenvalue weighted by Crippen LogP contribution is 2.24. The maximum Gasteiger partial charge on any atom is 0.273 e. The summed E-state index contributed by atoms with van der Waals surface area (Å²) < 4.78 is 15.3. The first kappa shape index (κ1) is 17.1. The van der Waals surface area contributed by atoms with Crippen molar-refractivity contribution in [1.29, 1.82) is 0 Å². The SMILES string of the molecule is COc1cccc(C(=O)NNC(=O)c2ccc(OC)cc2OC)c1. The van der Waals surface area contributed by atoms with Crippen LogP contribution in [0, 0.1) is 0 Å². The zero-order valence-corrected chi connectivity index (χ0v) is 13.6. The molecule has 2 amide bonds. The summed E-state index contributed by atoms with van der Waals surface area (Å²) in [6.07, 6.45) is 0. The first-order valence-corrected chi connectivity index (χ1v) is 7.05. The van der Waals surface area contributed by atoms with Gasteiger partial charge in [-0.05, 0) is 30.3 Å². The minimum Gasteiger partial charge on any atom is -0.497 e. The Kier molecular flexibility index (Phi) is 5.62. The first-order chi connectivity index (χ1) is 11.6. The van der Waals surface area contributed by atoms with Crippen molar-refractivity contribution in [3.63, 3.8) is 0 Å². The second-order valence-corrected chi connectivity index (χ2v) is 4.71. The van der Waals surface area contributed by atoms with Gasteiger partial charge in [0.2, 0.25) is 0 Å². The van der Waals surface area contributed by atoms with Crippen LogP contribution in [0.3, 0.4) is 0 Å². The third kappa shape index (κ3) is 3.95. The lowest BCUT2D eigenvalue weighted by molar-refractivity contribution is 0.0844. The number of rotatable bonds is 5. The van der Waals surface area contributed by atoms with Gasteiger partial charge in [-0.25, -0.2) is 0 Å². The van der Waals surface area contributed by atoms with Gasteiger partial charge in [0.25, 0.3) is 11.8 Å². The summed E-state index contributed by atoms with van der Waals surface area (Å²) >= 11 is 0. The number of benzene rings is 2. The van der Waals surface area contributed by atoms with Gasteiger partial charge in [-0.15, -0.1) is 0 Å². The van der Waals surface area contributed by atoms with Crippen molar-refractivity contribution in [1.82, 2.24) is 10.9 Å². The summed E-state index contributed by atoms with van der Waals surface area (Å²) in [7, 11) is 4.47. The molecular formula is C17H18N2O5. The highest BCUT2D eigenvalue weighted by molar-refractivity contribution is 6.00. The molecule has 0 aliphatic carbocycles. The Labute approximate surface area is 139 Å². The smallest absolute Gasteiger partial charge is 0.273 e. The Morgan fingerprint density at radius 2 is 1.46 bits per heavy atom. The maximum absolute atomic E-state index is 12.2. The normalized spacial score (nSPS) is 9.79. The molecule has 2 N–H and O–H groups in total. The van der Waals surface area contributed by atoms with Crippen LogP contribution in [0.25, 0.3) is 0 Å². The van der Waals surface area contributed by atoms with Gasteiger partial charge < -0.3 is 14.2 Å². The van der Waals surface area contributed by atoms with E-state index in [4.69, 9.17) is 14.2 Å². The van der Waals surface area contributed by atoms with Crippen molar-refractivity contribution in [3.05, 3.63) is 53.6 Å². The lowest BCUT2D eigenvalue weighted by atomic mass is 10.2. The molecule has 0 radical (unpaired) electrons. The van der Waals surface area contributed by atoms with Crippen LogP contribution in [0.4, 0.5) is 0 Å². The standard InChI is InChI=1S/C17H18N2O5/c1-22-12-6-4-5-11(9-12)16(20)18-19-17(21)14-8-7-13(23-2)10-15(14)24-3/h4-10H,1-3H3,(H,18,20)(H,19,21). The van der Waals surface area contributed by atoms with Crippen molar-refractivity contribution in [3.8, 4) is 17.2 Å². The van der Waals surface area contributed by atoms with E-state index in [1.54, 1.807) is 42.5 Å². The second-order valence-electron chi connectivity index (χ2n) is 4.71. The number of ether oxygens (including phenoxy) is 3. The fraction of sp³-hybridized carbons (Fsp3) is 0.176. The van der Waals surface area contributed by atoms with E-state index in [0.29, 0.717) is 22.8 Å². The van der Waals surface area contributed by atoms with E-state index in [0.717, 1.165) is 0 Å². The van der Waals surface area contributed by atoms with E-state index in [-0.39, 0.29) is 5.56 Å². The highest BCUT2D eigenvalue weighted by Gasteiger charge is 2.14. The number of hydrogen-bond acceptors (Lipinski definition) is 5. The number of methoxy groups -OCH3 is 3. The number of nitrogens with one attached hydrogen (secondary N) is 2. The molecule has 0 aromatic heterocycles. The zero-order chi connectivity index (χ0) is 17.5. The molecule has 7 nitrogen and oxygen atoms in total. The van der Waals surface area contributed by atoms with Crippen LogP contribution in [0.1, 0.15) is 20.7 Å². The van der Waals surface area contributed by atoms with Gasteiger partial charge in [-0.2, -0.15) is 0 Å². The molecule has 0 atom stereocenters. The Balaban J connectivity index is 2.06. The van der Waals surface area contributed by atoms with Crippen LogP contribution < -0.4 is 25.1 Å². The van der Waals surface area contributed by atoms with E-state index >= 15 is 0 Å². The summed E-state index contributed by atoms with van der Waals surface area (Å²) in [5.41, 5.74) is 5.32. The molecule has 2 aromatic rings. The highest BCUT2D eigenvalue weighted by atomic mass is 16.5. The lowest BCUT2D eigenvalue weighted by Crippen LogP contribution is -2.41. The van der Waals surface area contributed by atoms with Crippen molar-refractivity contribution < 1.29 is 23.8 Å². The lowest BCUT2D eigenvalue weighted by Gasteiger charge is -2.11. The summed E-state index contributed by atoms with van der Waals surface area (Å²) in [5.74, 6) is 0.470. The molecule has 0 spiro atoms. The van der Waals surface area contributed by atoms with Crippen LogP contribution >= 0.6 is 0 Å². The van der Waals surface area contributed by atoms with Gasteiger partial charge in [0, 0.05) is 11.6 Å². The molecule has 0 saturated carbocycles. The average Bonchev–Trinajstić information content (AvgIpc) is 2.65. The van der Waals surface area contributed by atoms with Crippen LogP contribution in [0.2, 0.25) is 0 Å². The minimum atomic E-state index is -0.509. The number of carbonyl (C=O) groups is 2. The van der Waals surface area contributed by atoms with Crippen LogP contribution in [-0.4, -0.2) is 33.1 Å². The van der Waals surface area contributed by atoms with Gasteiger partial charge in [-0.1, -0.05) is 6.07 Å². The molecule has 0 unspecified atom stereocenters. The maximum atomic E-state index is 12.2. The molecular weight excluding hydrogens is 312 g/mol. The number of hydrazine groups is 1. The molecule has 0 saturated heterocycles. The number of carbonyl (C=O) groups excluding carboxylic acids is 2. The van der Waals surface area contributed by atoms with E-state index in [1.807, 2.05) is 0 Å². The molecule has 0 fully saturated rings. The van der Waals surface area contributed by atoms with Crippen LogP contribution in [0.15, 0.2) is 42.5 Å². The summed E-state index contributed by atoms with van der Waals surface area (Å²) in [6.45, 7) is 0. The minimum absolute atomic E-state index is 0.268. The summed E-state index contributed by atoms with van der Waals surface area (Å²) in [6, 6.07) is 11.3. The van der Waals surface area contributed by atoms with E-state index < -0.39 is 11.8 Å². The fourth-order valence-electron chi connectivity index (χ4n) is 2.00. The second kappa shape index (κ2) is 7.87. The number of hydrogen-bond donors (Lipinski definition) is 2. The Hall–Kier alpha value is -3.22. The topological polar surface area (TPSA) is 85.9 Å². The third-order valence-electron chi connectivity index (χ3n) is 3.27. The zero-order valence-electron chi connectivity index (χ0n) is 13.6. The molecule has 7 heteroatoms. The van der Waals surface area contributed by atoms with E-state index in [2.05, 4.69) is 10.9 Å². The Bertz CT molecular complexity index is 746. The van der Waals surface area contributed by atoms with Gasteiger partial charge in [-0.3, -0.25) is 20.4 Å².